The molecule has 0 saturated carbocycles. The Bertz CT molecular complexity index is 335. The fourth-order valence-corrected chi connectivity index (χ4v) is 1.85. The largest absolute Gasteiger partial charge is 0.748 e. The topological polar surface area (TPSA) is 0 Å². The van der Waals surface area contributed by atoms with Gasteiger partial charge in [0.15, 0.2) is 0 Å². The minimum absolute atomic E-state index is 0. The van der Waals surface area contributed by atoms with E-state index < -0.39 is 0 Å². The molecule has 0 spiro atoms. The van der Waals surface area contributed by atoms with E-state index in [1.165, 1.54) is 24.8 Å². The third-order valence-corrected chi connectivity index (χ3v) is 3.63. The van der Waals surface area contributed by atoms with Crippen LogP contribution in [0, 0.1) is 5.41 Å². The molecule has 0 N–H and O–H groups in total. The summed E-state index contributed by atoms with van der Waals surface area (Å²) in [5.74, 6) is 0. The Kier molecular flexibility index (Phi) is 8.79. The van der Waals surface area contributed by atoms with Crippen LogP contribution < -0.4 is 0 Å². The minimum atomic E-state index is 0. The normalized spacial score (nSPS) is 10.2. The van der Waals surface area contributed by atoms with E-state index in [9.17, 15) is 0 Å². The summed E-state index contributed by atoms with van der Waals surface area (Å²) in [6, 6.07) is 18.7. The zero-order chi connectivity index (χ0) is 12.6. The molecule has 0 radical (unpaired) electrons. The molecule has 0 atom stereocenters. The molecule has 18 heavy (non-hydrogen) atoms. The van der Waals surface area contributed by atoms with Gasteiger partial charge in [-0.3, -0.25) is 0 Å². The van der Waals surface area contributed by atoms with Crippen LogP contribution in [0.15, 0.2) is 54.6 Å². The van der Waals surface area contributed by atoms with Gasteiger partial charge in [0.1, 0.15) is 0 Å². The van der Waals surface area contributed by atoms with Gasteiger partial charge >= 0.3 is 0 Å². The average Bonchev–Trinajstić information content (AvgIpc) is 3.04. The van der Waals surface area contributed by atoms with Crippen molar-refractivity contribution in [2.75, 3.05) is 0 Å². The molecule has 2 aromatic rings. The van der Waals surface area contributed by atoms with Gasteiger partial charge in [0.25, 0.3) is 0 Å². The summed E-state index contributed by atoms with van der Waals surface area (Å²) in [5.41, 5.74) is 2.00. The van der Waals surface area contributed by atoms with Gasteiger partial charge in [0.05, 0.1) is 0 Å². The van der Waals surface area contributed by atoms with Crippen LogP contribution in [0.3, 0.4) is 0 Å². The molecule has 0 nitrogen and oxygen atoms in total. The molecule has 0 saturated heterocycles. The van der Waals surface area contributed by atoms with Crippen LogP contribution in [0.4, 0.5) is 0 Å². The molecule has 0 heterocycles. The molecule has 0 aliphatic heterocycles. The van der Waals surface area contributed by atoms with Crippen molar-refractivity contribution >= 4 is 0 Å². The smallest absolute Gasteiger partial charge is 0 e. The van der Waals surface area contributed by atoms with Crippen molar-refractivity contribution < 1.29 is 17.1 Å². The Balaban J connectivity index is 0.000000405. The van der Waals surface area contributed by atoms with Gasteiger partial charge in [0, 0.05) is 17.1 Å². The molecule has 0 unspecified atom stereocenters. The first-order valence-corrected chi connectivity index (χ1v) is 6.57. The average molecular weight is 284 g/mol. The predicted molar refractivity (Wildman–Crippen MR) is 76.5 cm³/mol. The third kappa shape index (κ3) is 6.23. The second kappa shape index (κ2) is 9.19. The first-order chi connectivity index (χ1) is 8.20. The fourth-order valence-electron chi connectivity index (χ4n) is 1.85. The van der Waals surface area contributed by atoms with Gasteiger partial charge in [0.2, 0.25) is 0 Å². The third-order valence-electron chi connectivity index (χ3n) is 3.63. The maximum absolute atomic E-state index is 2.38. The number of rotatable bonds is 4. The van der Waals surface area contributed by atoms with E-state index in [2.05, 4.69) is 45.0 Å². The van der Waals surface area contributed by atoms with E-state index in [0.717, 1.165) is 0 Å². The van der Waals surface area contributed by atoms with Crippen LogP contribution >= 0.6 is 0 Å². The van der Waals surface area contributed by atoms with E-state index in [1.54, 1.807) is 0 Å². The summed E-state index contributed by atoms with van der Waals surface area (Å²) < 4.78 is 0. The van der Waals surface area contributed by atoms with E-state index in [0.29, 0.717) is 5.41 Å². The minimum Gasteiger partial charge on any atom is -0.748 e. The summed E-state index contributed by atoms with van der Waals surface area (Å²) in [6.07, 6.45) is 3.77. The second-order valence-corrected chi connectivity index (χ2v) is 4.95. The van der Waals surface area contributed by atoms with Gasteiger partial charge in [-0.15, -0.1) is 0 Å². The monoisotopic (exact) mass is 284 g/mol. The van der Waals surface area contributed by atoms with E-state index in [-0.39, 0.29) is 17.1 Å². The Labute approximate surface area is 123 Å². The second-order valence-electron chi connectivity index (χ2n) is 4.95. The quantitative estimate of drug-likeness (QED) is 0.536. The molecule has 0 bridgehead atoms. The Morgan fingerprint density at radius 1 is 0.889 bits per heavy atom. The Morgan fingerprint density at radius 3 is 1.61 bits per heavy atom. The van der Waals surface area contributed by atoms with Gasteiger partial charge in [-0.1, -0.05) is 40.0 Å². The maximum atomic E-state index is 2.38. The summed E-state index contributed by atoms with van der Waals surface area (Å²) in [6.45, 7) is 6.94. The van der Waals surface area contributed by atoms with Crippen molar-refractivity contribution in [1.82, 2.24) is 0 Å². The zero-order valence-corrected chi connectivity index (χ0v) is 12.8. The van der Waals surface area contributed by atoms with Crippen LogP contribution in [0.5, 0.6) is 0 Å². The van der Waals surface area contributed by atoms with Crippen molar-refractivity contribution in [3.63, 3.8) is 0 Å². The van der Waals surface area contributed by atoms with Crippen LogP contribution in [-0.4, -0.2) is 0 Å². The van der Waals surface area contributed by atoms with Crippen molar-refractivity contribution in [3.05, 3.63) is 60.2 Å². The molecule has 0 aliphatic carbocycles. The van der Waals surface area contributed by atoms with E-state index in [1.807, 2.05) is 30.3 Å². The van der Waals surface area contributed by atoms with Crippen molar-refractivity contribution in [1.29, 1.82) is 0 Å². The molecule has 106 valence electrons. The van der Waals surface area contributed by atoms with Gasteiger partial charge in [-0.05, 0) is 5.41 Å². The van der Waals surface area contributed by atoms with E-state index in [4.69, 9.17) is 0 Å². The molecule has 2 aromatic carbocycles. The molecule has 0 fully saturated rings. The van der Waals surface area contributed by atoms with Crippen molar-refractivity contribution in [2.45, 2.75) is 40.0 Å². The molecule has 2 rings (SSSR count). The van der Waals surface area contributed by atoms with Gasteiger partial charge in [-0.25, -0.2) is 12.1 Å². The Morgan fingerprint density at radius 2 is 1.28 bits per heavy atom. The summed E-state index contributed by atoms with van der Waals surface area (Å²) in [7, 11) is 0. The summed E-state index contributed by atoms with van der Waals surface area (Å²) in [4.78, 5) is 0. The number of hydrogen-bond donors (Lipinski definition) is 0. The SMILES string of the molecule is CCC(C)(CC)C[c-]1cccc1.[Fe].[cH-]1[cH-][cH-][cH-][cH-]1. The van der Waals surface area contributed by atoms with Crippen LogP contribution in [0.2, 0.25) is 0 Å². The van der Waals surface area contributed by atoms with Crippen LogP contribution in [0.25, 0.3) is 0 Å². The van der Waals surface area contributed by atoms with Gasteiger partial charge in [-0.2, -0.15) is 17.7 Å². The number of hydrogen-bond acceptors (Lipinski definition) is 0. The molecular weight excluding hydrogens is 260 g/mol. The van der Waals surface area contributed by atoms with Crippen molar-refractivity contribution in [3.8, 4) is 0 Å². The first-order valence-electron chi connectivity index (χ1n) is 6.57. The summed E-state index contributed by atoms with van der Waals surface area (Å²) in [5, 5.41) is 0. The fraction of sp³-hybridized carbons (Fsp3) is 0.412. The molecule has 0 aliphatic rings. The molecule has 0 aromatic heterocycles. The van der Waals surface area contributed by atoms with Gasteiger partial charge < -0.3 is 30.3 Å². The zero-order valence-electron chi connectivity index (χ0n) is 11.7. The maximum Gasteiger partial charge on any atom is 0 e. The molecule has 0 amide bonds. The van der Waals surface area contributed by atoms with Crippen LogP contribution in [-0.2, 0) is 23.5 Å². The standard InChI is InChI=1S/C12H19.C5H5.Fe/c1-4-12(3,5-2)10-11-8-6-7-9-11;1-2-4-5-3-1;/h6-9H,4-5,10H2,1-3H3;1-5H;/q-1;-5;. The van der Waals surface area contributed by atoms with Crippen LogP contribution in [0.1, 0.15) is 39.2 Å². The molecular formula is C17H24Fe-6. The first kappa shape index (κ1) is 17.2. The predicted octanol–water partition coefficient (Wildman–Crippen LogP) is 5.18. The summed E-state index contributed by atoms with van der Waals surface area (Å²) >= 11 is 0. The Hall–Kier alpha value is -0.781. The van der Waals surface area contributed by atoms with Crippen molar-refractivity contribution in [2.24, 2.45) is 5.41 Å². The van der Waals surface area contributed by atoms with E-state index >= 15 is 0 Å². The molecule has 1 heteroatoms.